The average molecular weight is 267 g/mol. The average Bonchev–Trinajstić information content (AvgIpc) is 2.55. The van der Waals surface area contributed by atoms with Crippen molar-refractivity contribution in [1.82, 2.24) is 4.98 Å². The summed E-state index contributed by atoms with van der Waals surface area (Å²) >= 11 is 0. The van der Waals surface area contributed by atoms with Gasteiger partial charge in [-0.3, -0.25) is 4.79 Å². The van der Waals surface area contributed by atoms with E-state index in [1.807, 2.05) is 0 Å². The molecule has 0 fully saturated rings. The molecule has 0 aliphatic carbocycles. The van der Waals surface area contributed by atoms with Crippen molar-refractivity contribution >= 4 is 16.9 Å². The molecule has 0 radical (unpaired) electrons. The van der Waals surface area contributed by atoms with Gasteiger partial charge in [-0.25, -0.2) is 0 Å². The van der Waals surface area contributed by atoms with Crippen molar-refractivity contribution in [3.05, 3.63) is 30.0 Å². The monoisotopic (exact) mass is 267 g/mol. The third kappa shape index (κ3) is 4.23. The number of hydrogen-bond donors (Lipinski definition) is 2. The van der Waals surface area contributed by atoms with Crippen LogP contribution in [0.5, 0.6) is 5.75 Å². The molecule has 1 heterocycles. The molecule has 2 rings (SSSR count). The number of aromatic amines is 1. The Bertz CT molecular complexity index is 600. The van der Waals surface area contributed by atoms with E-state index in [-0.39, 0.29) is 32.5 Å². The second-order valence-electron chi connectivity index (χ2n) is 3.66. The summed E-state index contributed by atoms with van der Waals surface area (Å²) in [5, 5.41) is 9.07. The molecule has 1 aromatic heterocycles. The molecule has 0 bridgehead atoms. The van der Waals surface area contributed by atoms with E-state index in [9.17, 15) is 18.0 Å². The molecular weight excluding hydrogens is 258 g/mol. The van der Waals surface area contributed by atoms with Crippen molar-refractivity contribution in [2.45, 2.75) is 12.8 Å². The summed E-state index contributed by atoms with van der Waals surface area (Å²) in [5.41, 5.74) is 0.974. The van der Waals surface area contributed by atoms with Crippen molar-refractivity contribution in [2.75, 3.05) is 0 Å². The third-order valence-electron chi connectivity index (χ3n) is 2.22. The van der Waals surface area contributed by atoms with Gasteiger partial charge >= 0.3 is 31.2 Å². The van der Waals surface area contributed by atoms with Crippen LogP contribution in [0.15, 0.2) is 24.3 Å². The van der Waals surface area contributed by atoms with E-state index in [1.54, 1.807) is 0 Å². The fourth-order valence-corrected chi connectivity index (χ4v) is 1.63. The van der Waals surface area contributed by atoms with Crippen molar-refractivity contribution in [2.24, 2.45) is 0 Å². The zero-order valence-corrected chi connectivity index (χ0v) is 9.91. The fourth-order valence-electron chi connectivity index (χ4n) is 1.63. The van der Waals surface area contributed by atoms with Gasteiger partial charge in [0.1, 0.15) is 5.75 Å². The smallest absolute Gasteiger partial charge is 1.00 e. The summed E-state index contributed by atoms with van der Waals surface area (Å²) in [7, 11) is 0. The summed E-state index contributed by atoms with van der Waals surface area (Å²) in [6.07, 6.45) is -4.96. The maximum absolute atomic E-state index is 12.0. The number of fused-ring (bicyclic) bond motifs is 1. The predicted molar refractivity (Wildman–Crippen MR) is 57.4 cm³/mol. The molecule has 4 nitrogen and oxygen atoms in total. The number of alkyl halides is 3. The van der Waals surface area contributed by atoms with E-state index in [4.69, 9.17) is 5.11 Å². The van der Waals surface area contributed by atoms with Crippen LogP contribution in [0.4, 0.5) is 13.2 Å². The van der Waals surface area contributed by atoms with E-state index in [0.29, 0.717) is 16.6 Å². The number of aromatic nitrogens is 1. The van der Waals surface area contributed by atoms with E-state index in [1.165, 1.54) is 18.2 Å². The number of H-pyrrole nitrogens is 1. The van der Waals surface area contributed by atoms with Gasteiger partial charge in [0.2, 0.25) is 0 Å². The number of halogens is 3. The summed E-state index contributed by atoms with van der Waals surface area (Å²) < 4.78 is 39.8. The number of carboxylic acid groups (broad SMARTS) is 1. The van der Waals surface area contributed by atoms with E-state index < -0.39 is 12.3 Å². The van der Waals surface area contributed by atoms with Crippen LogP contribution in [0, 0.1) is 0 Å². The van der Waals surface area contributed by atoms with Crippen LogP contribution in [0.3, 0.4) is 0 Å². The topological polar surface area (TPSA) is 62.3 Å². The number of rotatable bonds is 3. The molecule has 0 aliphatic heterocycles. The molecule has 2 N–H and O–H groups in total. The van der Waals surface area contributed by atoms with Crippen LogP contribution in [0.1, 0.15) is 7.12 Å². The van der Waals surface area contributed by atoms with Crippen LogP contribution < -0.4 is 23.6 Å². The number of ether oxygens (including phenoxy) is 1. The van der Waals surface area contributed by atoms with Gasteiger partial charge < -0.3 is 16.3 Å². The third-order valence-corrected chi connectivity index (χ3v) is 2.22. The molecule has 0 amide bonds. The Morgan fingerprint density at radius 1 is 1.37 bits per heavy atom. The van der Waals surface area contributed by atoms with Gasteiger partial charge in [-0.05, 0) is 24.3 Å². The van der Waals surface area contributed by atoms with Gasteiger partial charge in [0, 0.05) is 16.6 Å². The van der Waals surface area contributed by atoms with E-state index in [0.717, 1.165) is 6.07 Å². The Morgan fingerprint density at radius 2 is 2.05 bits per heavy atom. The number of carbonyl (C=O) groups is 1. The maximum Gasteiger partial charge on any atom is 1.00 e. The summed E-state index contributed by atoms with van der Waals surface area (Å²) in [6, 6.07) is 5.25. The molecule has 0 spiro atoms. The van der Waals surface area contributed by atoms with Gasteiger partial charge in [0.15, 0.2) is 0 Å². The molecule has 1 aromatic carbocycles. The molecule has 0 saturated heterocycles. The number of aliphatic carboxylic acids is 1. The van der Waals surface area contributed by atoms with Crippen molar-refractivity contribution in [3.8, 4) is 5.75 Å². The molecular formula is C11H9F3LiNO3. The first-order valence-corrected chi connectivity index (χ1v) is 4.93. The van der Waals surface area contributed by atoms with Crippen molar-refractivity contribution in [3.63, 3.8) is 0 Å². The molecule has 2 aromatic rings. The van der Waals surface area contributed by atoms with Crippen LogP contribution in [-0.2, 0) is 11.2 Å². The minimum atomic E-state index is -4.74. The first-order valence-electron chi connectivity index (χ1n) is 4.93. The summed E-state index contributed by atoms with van der Waals surface area (Å²) in [5.74, 6) is -1.36. The molecule has 0 atom stereocenters. The zero-order valence-electron chi connectivity index (χ0n) is 10.9. The van der Waals surface area contributed by atoms with Gasteiger partial charge in [-0.1, -0.05) is 0 Å². The Labute approximate surface area is 119 Å². The minimum Gasteiger partial charge on any atom is -1.00 e. The largest absolute Gasteiger partial charge is 1.00 e. The standard InChI is InChI=1S/C11H8F3NO3.Li.H/c12-11(13,14)18-8-1-2-9-6(4-8)3-7(15-9)5-10(16)17;;/h1-4,15H,5H2,(H,16,17);;/q;+1;-1. The van der Waals surface area contributed by atoms with Crippen LogP contribution >= 0.6 is 0 Å². The van der Waals surface area contributed by atoms with E-state index in [2.05, 4.69) is 9.72 Å². The summed E-state index contributed by atoms with van der Waals surface area (Å²) in [4.78, 5) is 13.3. The fraction of sp³-hybridized carbons (Fsp3) is 0.182. The molecule has 19 heavy (non-hydrogen) atoms. The Balaban J connectivity index is 0.00000180. The van der Waals surface area contributed by atoms with Crippen molar-refractivity contribution in [1.29, 1.82) is 0 Å². The number of hydrogen-bond acceptors (Lipinski definition) is 2. The first-order chi connectivity index (χ1) is 8.33. The minimum absolute atomic E-state index is 0. The molecule has 0 saturated carbocycles. The van der Waals surface area contributed by atoms with Gasteiger partial charge in [-0.15, -0.1) is 13.2 Å². The number of benzene rings is 1. The van der Waals surface area contributed by atoms with Gasteiger partial charge in [0.05, 0.1) is 6.42 Å². The van der Waals surface area contributed by atoms with E-state index >= 15 is 0 Å². The Hall–Kier alpha value is -1.58. The molecule has 0 unspecified atom stereocenters. The van der Waals surface area contributed by atoms with Gasteiger partial charge in [-0.2, -0.15) is 0 Å². The maximum atomic E-state index is 12.0. The summed E-state index contributed by atoms with van der Waals surface area (Å²) in [6.45, 7) is 0. The van der Waals surface area contributed by atoms with Crippen LogP contribution in [-0.4, -0.2) is 22.4 Å². The van der Waals surface area contributed by atoms with Crippen LogP contribution in [0.25, 0.3) is 10.9 Å². The Morgan fingerprint density at radius 3 is 2.63 bits per heavy atom. The predicted octanol–water partition coefficient (Wildman–Crippen LogP) is -0.190. The van der Waals surface area contributed by atoms with Gasteiger partial charge in [0.25, 0.3) is 0 Å². The first kappa shape index (κ1) is 15.5. The van der Waals surface area contributed by atoms with Crippen molar-refractivity contribution < 1.29 is 48.1 Å². The second kappa shape index (κ2) is 5.59. The zero-order chi connectivity index (χ0) is 13.3. The molecule has 0 aliphatic rings. The Kier molecular flexibility index (Phi) is 4.55. The molecule has 98 valence electrons. The normalized spacial score (nSPS) is 11.1. The molecule has 8 heteroatoms. The SMILES string of the molecule is O=C(O)Cc1cc2cc(OC(F)(F)F)ccc2[nH]1.[H-].[Li+]. The van der Waals surface area contributed by atoms with Crippen LogP contribution in [0.2, 0.25) is 0 Å². The second-order valence-corrected chi connectivity index (χ2v) is 3.66. The number of nitrogens with one attached hydrogen (secondary N) is 1. The number of carboxylic acids is 1. The quantitative estimate of drug-likeness (QED) is 0.758.